The summed E-state index contributed by atoms with van der Waals surface area (Å²) in [7, 11) is 5.05. The molecular weight excluding hydrogens is 306 g/mol. The highest BCUT2D eigenvalue weighted by atomic mass is 16.5. The Bertz CT molecular complexity index is 513. The van der Waals surface area contributed by atoms with E-state index in [0.29, 0.717) is 0 Å². The minimum absolute atomic E-state index is 0.720. The van der Waals surface area contributed by atoms with Gasteiger partial charge in [-0.25, -0.2) is 0 Å². The van der Waals surface area contributed by atoms with E-state index in [1.807, 2.05) is 12.1 Å². The molecule has 2 heterocycles. The van der Waals surface area contributed by atoms with Gasteiger partial charge in [0.1, 0.15) is 17.2 Å². The SMILES string of the molecule is COc1cc(OC)c(CN2CCN(C3CCNC3)CC2)c(OC)c1. The van der Waals surface area contributed by atoms with Crippen LogP contribution < -0.4 is 19.5 Å². The minimum atomic E-state index is 0.720. The Labute approximate surface area is 144 Å². The van der Waals surface area contributed by atoms with Crippen LogP contribution in [0.2, 0.25) is 0 Å². The second-order valence-electron chi connectivity index (χ2n) is 6.47. The van der Waals surface area contributed by atoms with Crippen molar-refractivity contribution in [3.05, 3.63) is 17.7 Å². The first kappa shape index (κ1) is 17.3. The van der Waals surface area contributed by atoms with Crippen molar-refractivity contribution in [3.8, 4) is 17.2 Å². The number of ether oxygens (including phenoxy) is 3. The third kappa shape index (κ3) is 3.77. The van der Waals surface area contributed by atoms with Crippen LogP contribution in [0.1, 0.15) is 12.0 Å². The third-order valence-corrected chi connectivity index (χ3v) is 5.16. The van der Waals surface area contributed by atoms with Crippen molar-refractivity contribution in [2.75, 3.05) is 60.6 Å². The fourth-order valence-corrected chi connectivity index (χ4v) is 3.69. The zero-order chi connectivity index (χ0) is 16.9. The molecule has 1 aromatic carbocycles. The van der Waals surface area contributed by atoms with E-state index < -0.39 is 0 Å². The molecule has 1 N–H and O–H groups in total. The molecule has 134 valence electrons. The van der Waals surface area contributed by atoms with Gasteiger partial charge >= 0.3 is 0 Å². The molecule has 2 saturated heterocycles. The molecule has 6 heteroatoms. The summed E-state index contributed by atoms with van der Waals surface area (Å²) >= 11 is 0. The van der Waals surface area contributed by atoms with Gasteiger partial charge in [-0.1, -0.05) is 0 Å². The van der Waals surface area contributed by atoms with Crippen LogP contribution in [0.3, 0.4) is 0 Å². The molecule has 0 bridgehead atoms. The van der Waals surface area contributed by atoms with Gasteiger partial charge in [-0.2, -0.15) is 0 Å². The molecule has 24 heavy (non-hydrogen) atoms. The van der Waals surface area contributed by atoms with Crippen molar-refractivity contribution in [1.82, 2.24) is 15.1 Å². The fraction of sp³-hybridized carbons (Fsp3) is 0.667. The van der Waals surface area contributed by atoms with E-state index in [2.05, 4.69) is 15.1 Å². The van der Waals surface area contributed by atoms with E-state index in [0.717, 1.165) is 74.7 Å². The maximum Gasteiger partial charge on any atom is 0.130 e. The molecule has 6 nitrogen and oxygen atoms in total. The molecule has 1 atom stereocenters. The van der Waals surface area contributed by atoms with Gasteiger partial charge in [0.15, 0.2) is 0 Å². The minimum Gasteiger partial charge on any atom is -0.496 e. The summed E-state index contributed by atoms with van der Waals surface area (Å²) in [6.07, 6.45) is 1.28. The predicted molar refractivity (Wildman–Crippen MR) is 94.2 cm³/mol. The van der Waals surface area contributed by atoms with Crippen molar-refractivity contribution < 1.29 is 14.2 Å². The van der Waals surface area contributed by atoms with Crippen LogP contribution in [-0.4, -0.2) is 76.4 Å². The maximum atomic E-state index is 5.57. The van der Waals surface area contributed by atoms with E-state index in [-0.39, 0.29) is 0 Å². The van der Waals surface area contributed by atoms with Gasteiger partial charge in [0.05, 0.1) is 26.9 Å². The van der Waals surface area contributed by atoms with Crippen LogP contribution in [0.4, 0.5) is 0 Å². The van der Waals surface area contributed by atoms with Crippen molar-refractivity contribution in [2.24, 2.45) is 0 Å². The average molecular weight is 335 g/mol. The first-order valence-electron chi connectivity index (χ1n) is 8.71. The molecule has 2 aliphatic rings. The van der Waals surface area contributed by atoms with Crippen LogP contribution in [0.15, 0.2) is 12.1 Å². The Balaban J connectivity index is 1.65. The summed E-state index contributed by atoms with van der Waals surface area (Å²) in [4.78, 5) is 5.10. The second kappa shape index (κ2) is 8.05. The van der Waals surface area contributed by atoms with Crippen LogP contribution in [0.5, 0.6) is 17.2 Å². The van der Waals surface area contributed by atoms with E-state index in [1.165, 1.54) is 6.42 Å². The molecule has 0 spiro atoms. The molecule has 1 aromatic rings. The van der Waals surface area contributed by atoms with Gasteiger partial charge in [0.2, 0.25) is 0 Å². The Morgan fingerprint density at radius 2 is 1.67 bits per heavy atom. The monoisotopic (exact) mass is 335 g/mol. The number of nitrogens with one attached hydrogen (secondary N) is 1. The Kier molecular flexibility index (Phi) is 5.81. The van der Waals surface area contributed by atoms with Gasteiger partial charge in [-0.3, -0.25) is 9.80 Å². The number of hydrogen-bond donors (Lipinski definition) is 1. The van der Waals surface area contributed by atoms with Gasteiger partial charge in [0, 0.05) is 57.4 Å². The number of rotatable bonds is 6. The lowest BCUT2D eigenvalue weighted by Gasteiger charge is -2.38. The molecule has 2 fully saturated rings. The Hall–Kier alpha value is -1.50. The predicted octanol–water partition coefficient (Wildman–Crippen LogP) is 1.19. The zero-order valence-electron chi connectivity index (χ0n) is 15.0. The summed E-state index contributed by atoms with van der Waals surface area (Å²) in [5.41, 5.74) is 1.09. The number of hydrogen-bond acceptors (Lipinski definition) is 6. The first-order valence-corrected chi connectivity index (χ1v) is 8.71. The quantitative estimate of drug-likeness (QED) is 0.843. The normalized spacial score (nSPS) is 22.5. The molecule has 0 radical (unpaired) electrons. The van der Waals surface area contributed by atoms with Crippen molar-refractivity contribution in [1.29, 1.82) is 0 Å². The van der Waals surface area contributed by atoms with Crippen molar-refractivity contribution in [3.63, 3.8) is 0 Å². The number of nitrogens with zero attached hydrogens (tertiary/aromatic N) is 2. The number of benzene rings is 1. The molecule has 0 aliphatic carbocycles. The third-order valence-electron chi connectivity index (χ3n) is 5.16. The van der Waals surface area contributed by atoms with Gasteiger partial charge in [-0.15, -0.1) is 0 Å². The zero-order valence-corrected chi connectivity index (χ0v) is 15.0. The van der Waals surface area contributed by atoms with Crippen molar-refractivity contribution in [2.45, 2.75) is 19.0 Å². The molecule has 1 unspecified atom stereocenters. The van der Waals surface area contributed by atoms with Crippen LogP contribution in [0, 0.1) is 0 Å². The van der Waals surface area contributed by atoms with Crippen LogP contribution in [-0.2, 0) is 6.54 Å². The highest BCUT2D eigenvalue weighted by Gasteiger charge is 2.27. The topological polar surface area (TPSA) is 46.2 Å². The van der Waals surface area contributed by atoms with Gasteiger partial charge in [0.25, 0.3) is 0 Å². The van der Waals surface area contributed by atoms with Gasteiger partial charge < -0.3 is 19.5 Å². The number of piperazine rings is 1. The van der Waals surface area contributed by atoms with Crippen LogP contribution >= 0.6 is 0 Å². The summed E-state index contributed by atoms with van der Waals surface area (Å²) in [6, 6.07) is 4.58. The summed E-state index contributed by atoms with van der Waals surface area (Å²) in [5.74, 6) is 2.41. The smallest absolute Gasteiger partial charge is 0.130 e. The largest absolute Gasteiger partial charge is 0.496 e. The van der Waals surface area contributed by atoms with E-state index in [4.69, 9.17) is 14.2 Å². The van der Waals surface area contributed by atoms with E-state index in [1.54, 1.807) is 21.3 Å². The molecule has 2 aliphatic heterocycles. The van der Waals surface area contributed by atoms with E-state index in [9.17, 15) is 0 Å². The summed E-state index contributed by atoms with van der Waals surface area (Å²) < 4.78 is 16.5. The number of methoxy groups -OCH3 is 3. The molecular formula is C18H29N3O3. The second-order valence-corrected chi connectivity index (χ2v) is 6.47. The Morgan fingerprint density at radius 1 is 1.00 bits per heavy atom. The lowest BCUT2D eigenvalue weighted by molar-refractivity contribution is 0.0970. The molecule has 3 rings (SSSR count). The summed E-state index contributed by atoms with van der Waals surface area (Å²) in [5, 5.41) is 3.46. The lowest BCUT2D eigenvalue weighted by atomic mass is 10.1. The standard InChI is InChI=1S/C18H29N3O3/c1-22-15-10-17(23-2)16(18(11-15)24-3)13-20-6-8-21(9-7-20)14-4-5-19-12-14/h10-11,14,19H,4-9,12-13H2,1-3H3. The molecule has 0 aromatic heterocycles. The Morgan fingerprint density at radius 3 is 2.17 bits per heavy atom. The molecule has 0 amide bonds. The molecule has 0 saturated carbocycles. The highest BCUT2D eigenvalue weighted by molar-refractivity contribution is 5.50. The van der Waals surface area contributed by atoms with Gasteiger partial charge in [-0.05, 0) is 13.0 Å². The van der Waals surface area contributed by atoms with E-state index >= 15 is 0 Å². The fourth-order valence-electron chi connectivity index (χ4n) is 3.69. The first-order chi connectivity index (χ1) is 11.7. The lowest BCUT2D eigenvalue weighted by Crippen LogP contribution is -2.50. The highest BCUT2D eigenvalue weighted by Crippen LogP contribution is 2.35. The average Bonchev–Trinajstić information content (AvgIpc) is 3.17. The van der Waals surface area contributed by atoms with Crippen LogP contribution in [0.25, 0.3) is 0 Å². The summed E-state index contributed by atoms with van der Waals surface area (Å²) in [6.45, 7) is 7.56. The van der Waals surface area contributed by atoms with Crippen molar-refractivity contribution >= 4 is 0 Å². The maximum absolute atomic E-state index is 5.57.